The third-order valence-electron chi connectivity index (χ3n) is 6.34. The molecule has 4 rings (SSSR count). The van der Waals surface area contributed by atoms with E-state index in [1.54, 1.807) is 25.4 Å². The van der Waals surface area contributed by atoms with Crippen LogP contribution in [0.5, 0.6) is 0 Å². The molecule has 1 amide bonds. The lowest BCUT2D eigenvalue weighted by molar-refractivity contribution is 0.0910. The topological polar surface area (TPSA) is 59.4 Å². The summed E-state index contributed by atoms with van der Waals surface area (Å²) in [5.74, 6) is -0.436. The van der Waals surface area contributed by atoms with E-state index in [2.05, 4.69) is 0 Å². The molecule has 0 aliphatic heterocycles. The highest BCUT2D eigenvalue weighted by atomic mass is 16.2. The average Bonchev–Trinajstić information content (AvgIpc) is 2.74. The van der Waals surface area contributed by atoms with Crippen LogP contribution in [-0.2, 0) is 6.42 Å². The highest BCUT2D eigenvalue weighted by Crippen LogP contribution is 2.36. The molecule has 0 atom stereocenters. The zero-order valence-electron chi connectivity index (χ0n) is 19.2. The molecule has 164 valence electrons. The van der Waals surface area contributed by atoms with Crippen LogP contribution < -0.4 is 10.5 Å². The number of benzene rings is 2. The highest BCUT2D eigenvalue weighted by Gasteiger charge is 2.36. The number of amides is 1. The van der Waals surface area contributed by atoms with Crippen molar-refractivity contribution in [2.24, 2.45) is 5.41 Å². The Morgan fingerprint density at radius 1 is 0.969 bits per heavy atom. The summed E-state index contributed by atoms with van der Waals surface area (Å²) in [6, 6.07) is 14.9. The average molecular weight is 429 g/mol. The molecule has 0 radical (unpaired) electrons. The Morgan fingerprint density at radius 2 is 1.66 bits per heavy atom. The molecule has 1 aromatic heterocycles. The van der Waals surface area contributed by atoms with Crippen molar-refractivity contribution in [3.05, 3.63) is 92.9 Å². The summed E-state index contributed by atoms with van der Waals surface area (Å²) in [7, 11) is 1.67. The van der Waals surface area contributed by atoms with Crippen LogP contribution in [0.2, 0.25) is 0 Å². The van der Waals surface area contributed by atoms with E-state index in [-0.39, 0.29) is 16.8 Å². The second kappa shape index (κ2) is 7.90. The molecule has 0 saturated carbocycles. The van der Waals surface area contributed by atoms with Gasteiger partial charge in [-0.15, -0.1) is 0 Å². The Labute approximate surface area is 188 Å². The van der Waals surface area contributed by atoms with Crippen molar-refractivity contribution in [3.63, 3.8) is 0 Å². The zero-order valence-corrected chi connectivity index (χ0v) is 19.2. The molecule has 1 aliphatic carbocycles. The number of aromatic nitrogens is 1. The van der Waals surface area contributed by atoms with Gasteiger partial charge in [-0.1, -0.05) is 38.1 Å². The first-order chi connectivity index (χ1) is 15.1. The van der Waals surface area contributed by atoms with Crippen molar-refractivity contribution in [1.82, 2.24) is 4.57 Å². The fourth-order valence-electron chi connectivity index (χ4n) is 4.36. The van der Waals surface area contributed by atoms with Gasteiger partial charge in [0.25, 0.3) is 11.5 Å². The minimum Gasteiger partial charge on any atom is -0.311 e. The van der Waals surface area contributed by atoms with Gasteiger partial charge in [0.15, 0.2) is 5.78 Å². The van der Waals surface area contributed by atoms with Crippen LogP contribution >= 0.6 is 0 Å². The molecular formula is C27H28N2O3. The number of nitrogens with zero attached hydrogens (tertiary/aromatic N) is 2. The summed E-state index contributed by atoms with van der Waals surface area (Å²) >= 11 is 0. The number of carbonyl (C=O) groups excluding carboxylic acids is 2. The third-order valence-corrected chi connectivity index (χ3v) is 6.34. The standard InChI is InChI=1S/C27H28N2O3/c1-17-11-12-20(13-18(17)2)28(5)25(31)24-21-14-27(3,4)15-23(30)22(21)16-29(26(24)32)19-9-7-6-8-10-19/h6-13,16H,14-15H2,1-5H3. The number of hydrogen-bond acceptors (Lipinski definition) is 3. The Morgan fingerprint density at radius 3 is 2.31 bits per heavy atom. The van der Waals surface area contributed by atoms with Gasteiger partial charge in [-0.2, -0.15) is 0 Å². The SMILES string of the molecule is Cc1ccc(N(C)C(=O)c2c3c(cn(-c4ccccc4)c2=O)C(=O)CC(C)(C)C3)cc1C. The monoisotopic (exact) mass is 428 g/mol. The van der Waals surface area contributed by atoms with Gasteiger partial charge in [-0.05, 0) is 66.6 Å². The largest absolute Gasteiger partial charge is 0.311 e. The first-order valence-electron chi connectivity index (χ1n) is 10.8. The van der Waals surface area contributed by atoms with E-state index in [9.17, 15) is 14.4 Å². The van der Waals surface area contributed by atoms with Gasteiger partial charge >= 0.3 is 0 Å². The molecule has 0 saturated heterocycles. The quantitative estimate of drug-likeness (QED) is 0.597. The van der Waals surface area contributed by atoms with Gasteiger partial charge in [0.05, 0.1) is 0 Å². The lowest BCUT2D eigenvalue weighted by Crippen LogP contribution is -2.39. The van der Waals surface area contributed by atoms with Gasteiger partial charge in [0.1, 0.15) is 5.56 Å². The van der Waals surface area contributed by atoms with Gasteiger partial charge in [0.2, 0.25) is 0 Å². The van der Waals surface area contributed by atoms with E-state index in [1.165, 1.54) is 9.47 Å². The first kappa shape index (κ1) is 21.8. The van der Waals surface area contributed by atoms with E-state index in [0.717, 1.165) is 11.1 Å². The Hall–Kier alpha value is -3.47. The molecule has 1 heterocycles. The molecule has 0 spiro atoms. The first-order valence-corrected chi connectivity index (χ1v) is 10.8. The van der Waals surface area contributed by atoms with Crippen LogP contribution in [0.1, 0.15) is 57.7 Å². The van der Waals surface area contributed by atoms with E-state index in [1.807, 2.05) is 64.1 Å². The maximum absolute atomic E-state index is 13.7. The van der Waals surface area contributed by atoms with Crippen LogP contribution in [0.25, 0.3) is 5.69 Å². The van der Waals surface area contributed by atoms with Crippen LogP contribution in [-0.4, -0.2) is 23.3 Å². The molecular weight excluding hydrogens is 400 g/mol. The van der Waals surface area contributed by atoms with Crippen LogP contribution in [0, 0.1) is 19.3 Å². The predicted octanol–water partition coefficient (Wildman–Crippen LogP) is 4.89. The van der Waals surface area contributed by atoms with Crippen molar-refractivity contribution in [2.75, 3.05) is 11.9 Å². The Kier molecular flexibility index (Phi) is 5.37. The maximum Gasteiger partial charge on any atom is 0.268 e. The van der Waals surface area contributed by atoms with Gasteiger partial charge < -0.3 is 4.90 Å². The summed E-state index contributed by atoms with van der Waals surface area (Å²) in [4.78, 5) is 42.0. The van der Waals surface area contributed by atoms with Crippen molar-refractivity contribution in [2.45, 2.75) is 40.5 Å². The minimum absolute atomic E-state index is 0.0381. The maximum atomic E-state index is 13.7. The fraction of sp³-hybridized carbons (Fsp3) is 0.296. The smallest absolute Gasteiger partial charge is 0.268 e. The molecule has 1 aliphatic rings. The molecule has 0 fully saturated rings. The number of ketones is 1. The van der Waals surface area contributed by atoms with Crippen molar-refractivity contribution >= 4 is 17.4 Å². The Balaban J connectivity index is 1.94. The summed E-state index contributed by atoms with van der Waals surface area (Å²) in [6.45, 7) is 8.00. The molecule has 0 N–H and O–H groups in total. The van der Waals surface area contributed by atoms with Crippen molar-refractivity contribution in [3.8, 4) is 5.69 Å². The lowest BCUT2D eigenvalue weighted by Gasteiger charge is -2.32. The second-order valence-corrected chi connectivity index (χ2v) is 9.48. The number of anilines is 1. The molecule has 0 bridgehead atoms. The second-order valence-electron chi connectivity index (χ2n) is 9.48. The van der Waals surface area contributed by atoms with Gasteiger partial charge in [-0.3, -0.25) is 19.0 Å². The summed E-state index contributed by atoms with van der Waals surface area (Å²) in [6.07, 6.45) is 2.49. The van der Waals surface area contributed by atoms with Gasteiger partial charge in [-0.25, -0.2) is 0 Å². The van der Waals surface area contributed by atoms with Crippen LogP contribution in [0.15, 0.2) is 59.5 Å². The number of carbonyl (C=O) groups is 2. The summed E-state index contributed by atoms with van der Waals surface area (Å²) in [5, 5.41) is 0. The molecule has 32 heavy (non-hydrogen) atoms. The number of fused-ring (bicyclic) bond motifs is 1. The number of hydrogen-bond donors (Lipinski definition) is 0. The molecule has 5 heteroatoms. The summed E-state index contributed by atoms with van der Waals surface area (Å²) in [5.41, 5.74) is 3.91. The number of rotatable bonds is 3. The predicted molar refractivity (Wildman–Crippen MR) is 127 cm³/mol. The van der Waals surface area contributed by atoms with E-state index in [0.29, 0.717) is 35.3 Å². The highest BCUT2D eigenvalue weighted by molar-refractivity contribution is 6.09. The Bertz CT molecular complexity index is 1290. The van der Waals surface area contributed by atoms with E-state index >= 15 is 0 Å². The molecule has 0 unspecified atom stereocenters. The molecule has 5 nitrogen and oxygen atoms in total. The number of Topliss-reactive ketones (excluding diaryl/α,β-unsaturated/α-hetero) is 1. The summed E-state index contributed by atoms with van der Waals surface area (Å²) < 4.78 is 1.43. The van der Waals surface area contributed by atoms with Crippen LogP contribution in [0.3, 0.4) is 0 Å². The lowest BCUT2D eigenvalue weighted by atomic mass is 9.73. The molecule has 3 aromatic rings. The van der Waals surface area contributed by atoms with Crippen LogP contribution in [0.4, 0.5) is 5.69 Å². The third kappa shape index (κ3) is 3.79. The number of pyridine rings is 1. The normalized spacial score (nSPS) is 14.7. The van der Waals surface area contributed by atoms with Crippen molar-refractivity contribution < 1.29 is 9.59 Å². The van der Waals surface area contributed by atoms with Crippen molar-refractivity contribution in [1.29, 1.82) is 0 Å². The fourth-order valence-corrected chi connectivity index (χ4v) is 4.36. The number of para-hydroxylation sites is 1. The van der Waals surface area contributed by atoms with Gasteiger partial charge in [0, 0.05) is 36.6 Å². The zero-order chi connectivity index (χ0) is 23.2. The minimum atomic E-state index is -0.402. The van der Waals surface area contributed by atoms with E-state index < -0.39 is 11.5 Å². The molecule has 2 aromatic carbocycles. The van der Waals surface area contributed by atoms with E-state index in [4.69, 9.17) is 0 Å². The number of aryl methyl sites for hydroxylation is 2.